The molecular formula is C23H24IN3O3S2. The van der Waals surface area contributed by atoms with E-state index in [-0.39, 0.29) is 19.0 Å². The predicted octanol–water partition coefficient (Wildman–Crippen LogP) is 6.49. The molecule has 0 fully saturated rings. The number of esters is 1. The van der Waals surface area contributed by atoms with Crippen molar-refractivity contribution < 1.29 is 9.53 Å². The summed E-state index contributed by atoms with van der Waals surface area (Å²) in [7, 11) is 0. The fourth-order valence-corrected chi connectivity index (χ4v) is 5.05. The minimum Gasteiger partial charge on any atom is -0.462 e. The van der Waals surface area contributed by atoms with Crippen LogP contribution < -0.4 is 11.3 Å². The van der Waals surface area contributed by atoms with Gasteiger partial charge in [0.05, 0.1) is 18.3 Å². The van der Waals surface area contributed by atoms with Crippen molar-refractivity contribution in [3.63, 3.8) is 0 Å². The van der Waals surface area contributed by atoms with E-state index in [0.29, 0.717) is 22.6 Å². The van der Waals surface area contributed by atoms with Gasteiger partial charge in [-0.3, -0.25) is 4.79 Å². The van der Waals surface area contributed by atoms with Crippen LogP contribution in [0.1, 0.15) is 24.7 Å². The SMILES string of the molecule is C.CCOC(=O)c1c(N)sc2ccccc12.CI.O=c1[nH]cnc2sc3ccccc3c12. The number of anilines is 1. The van der Waals surface area contributed by atoms with Crippen molar-refractivity contribution in [3.05, 3.63) is 70.8 Å². The summed E-state index contributed by atoms with van der Waals surface area (Å²) in [6.07, 6.45) is 1.44. The first kappa shape index (κ1) is 25.8. The highest BCUT2D eigenvalue weighted by Crippen LogP contribution is 2.33. The van der Waals surface area contributed by atoms with E-state index < -0.39 is 0 Å². The molecule has 3 aromatic heterocycles. The average molecular weight is 582 g/mol. The van der Waals surface area contributed by atoms with E-state index in [1.807, 2.05) is 53.5 Å². The molecule has 0 saturated carbocycles. The number of benzene rings is 2. The van der Waals surface area contributed by atoms with Gasteiger partial charge in [0.15, 0.2) is 0 Å². The minimum atomic E-state index is -0.340. The van der Waals surface area contributed by atoms with Gasteiger partial charge < -0.3 is 15.5 Å². The zero-order valence-electron chi connectivity index (χ0n) is 16.8. The first-order valence-electron chi connectivity index (χ1n) is 9.27. The lowest BCUT2D eigenvalue weighted by atomic mass is 10.2. The molecule has 5 rings (SSSR count). The van der Waals surface area contributed by atoms with E-state index in [1.165, 1.54) is 17.7 Å². The molecule has 3 N–H and O–H groups in total. The van der Waals surface area contributed by atoms with Crippen LogP contribution in [0.25, 0.3) is 30.4 Å². The number of nitrogens with one attached hydrogen (secondary N) is 1. The molecule has 0 spiro atoms. The summed E-state index contributed by atoms with van der Waals surface area (Å²) >= 11 is 5.10. The van der Waals surface area contributed by atoms with Gasteiger partial charge in [-0.05, 0) is 24.0 Å². The van der Waals surface area contributed by atoms with Gasteiger partial charge in [0.1, 0.15) is 15.4 Å². The number of fused-ring (bicyclic) bond motifs is 4. The molecule has 2 aromatic carbocycles. The van der Waals surface area contributed by atoms with E-state index in [9.17, 15) is 9.59 Å². The van der Waals surface area contributed by atoms with Gasteiger partial charge in [-0.25, -0.2) is 9.78 Å². The summed E-state index contributed by atoms with van der Waals surface area (Å²) in [5.74, 6) is -0.340. The number of carbonyl (C=O) groups is 1. The van der Waals surface area contributed by atoms with Gasteiger partial charge >= 0.3 is 5.97 Å². The number of nitrogen functional groups attached to an aromatic ring is 1. The van der Waals surface area contributed by atoms with Crippen LogP contribution in [0.5, 0.6) is 0 Å². The quantitative estimate of drug-likeness (QED) is 0.141. The van der Waals surface area contributed by atoms with Crippen molar-refractivity contribution in [2.24, 2.45) is 0 Å². The second kappa shape index (κ2) is 11.9. The third-order valence-corrected chi connectivity index (χ3v) is 6.36. The second-order valence-electron chi connectivity index (χ2n) is 6.07. The minimum absolute atomic E-state index is 0. The fourth-order valence-electron chi connectivity index (χ4n) is 3.04. The first-order valence-corrected chi connectivity index (χ1v) is 13.1. The molecule has 0 atom stereocenters. The Kier molecular flexibility index (Phi) is 9.60. The number of hydrogen-bond donors (Lipinski definition) is 2. The largest absolute Gasteiger partial charge is 0.462 e. The molecular weight excluding hydrogens is 557 g/mol. The van der Waals surface area contributed by atoms with Gasteiger partial charge in [-0.1, -0.05) is 66.4 Å². The van der Waals surface area contributed by atoms with Gasteiger partial charge in [0, 0.05) is 20.2 Å². The molecule has 0 bridgehead atoms. The third kappa shape index (κ3) is 5.28. The van der Waals surface area contributed by atoms with E-state index in [4.69, 9.17) is 10.5 Å². The Morgan fingerprint density at radius 3 is 2.31 bits per heavy atom. The van der Waals surface area contributed by atoms with Crippen LogP contribution in [0.3, 0.4) is 0 Å². The van der Waals surface area contributed by atoms with Gasteiger partial charge in [0.25, 0.3) is 5.56 Å². The van der Waals surface area contributed by atoms with E-state index in [2.05, 4.69) is 32.6 Å². The molecule has 0 aliphatic carbocycles. The summed E-state index contributed by atoms with van der Waals surface area (Å²) in [6.45, 7) is 2.14. The number of alkyl halides is 1. The number of thiophene rings is 2. The number of hydrogen-bond acceptors (Lipinski definition) is 7. The lowest BCUT2D eigenvalue weighted by molar-refractivity contribution is 0.0530. The summed E-state index contributed by atoms with van der Waals surface area (Å²) in [6, 6.07) is 15.5. The lowest BCUT2D eigenvalue weighted by Crippen LogP contribution is -2.05. The highest BCUT2D eigenvalue weighted by molar-refractivity contribution is 14.1. The Balaban J connectivity index is 0.000000205. The van der Waals surface area contributed by atoms with Crippen LogP contribution in [0.15, 0.2) is 59.7 Å². The Morgan fingerprint density at radius 1 is 1.06 bits per heavy atom. The average Bonchev–Trinajstić information content (AvgIpc) is 3.33. The van der Waals surface area contributed by atoms with Crippen LogP contribution in [0.4, 0.5) is 5.00 Å². The zero-order chi connectivity index (χ0) is 22.4. The molecule has 0 aliphatic rings. The first-order chi connectivity index (χ1) is 15.1. The van der Waals surface area contributed by atoms with Gasteiger partial charge in [0.2, 0.25) is 0 Å². The summed E-state index contributed by atoms with van der Waals surface area (Å²) in [5.41, 5.74) is 6.24. The number of nitrogens with two attached hydrogens (primary N) is 1. The standard InChI is InChI=1S/C11H11NO2S.C10H6N2OS.CH3I.CH4/c1-2-14-11(13)9-7-5-3-4-6-8(7)15-10(9)12;13-9-8-6-3-1-2-4-7(6)14-10(8)12-5-11-9;1-2;/h3-6H,2,12H2,1H3;1-5H,(H,11,12,13);1H3;1H4. The molecule has 32 heavy (non-hydrogen) atoms. The van der Waals surface area contributed by atoms with E-state index >= 15 is 0 Å². The summed E-state index contributed by atoms with van der Waals surface area (Å²) < 4.78 is 7.08. The highest BCUT2D eigenvalue weighted by Gasteiger charge is 2.17. The van der Waals surface area contributed by atoms with Crippen LogP contribution in [-0.2, 0) is 4.74 Å². The molecule has 168 valence electrons. The van der Waals surface area contributed by atoms with Crippen LogP contribution >= 0.6 is 45.3 Å². The topological polar surface area (TPSA) is 98.1 Å². The van der Waals surface area contributed by atoms with Crippen molar-refractivity contribution >= 4 is 86.6 Å². The Morgan fingerprint density at radius 2 is 1.66 bits per heavy atom. The van der Waals surface area contributed by atoms with Crippen molar-refractivity contribution in [2.75, 3.05) is 17.3 Å². The number of aromatic amines is 1. The number of halogens is 1. The number of aromatic nitrogens is 2. The summed E-state index contributed by atoms with van der Waals surface area (Å²) in [4.78, 5) is 32.7. The molecule has 5 aromatic rings. The Bertz CT molecular complexity index is 1390. The number of rotatable bonds is 2. The molecule has 9 heteroatoms. The molecule has 0 saturated heterocycles. The van der Waals surface area contributed by atoms with Crippen LogP contribution in [0.2, 0.25) is 0 Å². The maximum absolute atomic E-state index is 11.6. The maximum atomic E-state index is 11.6. The normalized spacial score (nSPS) is 9.97. The number of ether oxygens (including phenoxy) is 1. The van der Waals surface area contributed by atoms with Gasteiger partial charge in [-0.2, -0.15) is 0 Å². The molecule has 0 radical (unpaired) electrons. The molecule has 0 aliphatic heterocycles. The van der Waals surface area contributed by atoms with Crippen molar-refractivity contribution in [1.29, 1.82) is 0 Å². The molecule has 0 amide bonds. The number of H-pyrrole nitrogens is 1. The fraction of sp³-hybridized carbons (Fsp3) is 0.174. The molecule has 6 nitrogen and oxygen atoms in total. The summed E-state index contributed by atoms with van der Waals surface area (Å²) in [5, 5.41) is 3.09. The maximum Gasteiger partial charge on any atom is 0.341 e. The Hall–Kier alpha value is -2.50. The highest BCUT2D eigenvalue weighted by atomic mass is 127. The van der Waals surface area contributed by atoms with Crippen LogP contribution in [-0.4, -0.2) is 27.5 Å². The number of nitrogens with zero attached hydrogens (tertiary/aromatic N) is 1. The smallest absolute Gasteiger partial charge is 0.341 e. The zero-order valence-corrected chi connectivity index (χ0v) is 20.6. The van der Waals surface area contributed by atoms with E-state index in [0.717, 1.165) is 25.0 Å². The van der Waals surface area contributed by atoms with Crippen molar-refractivity contribution in [1.82, 2.24) is 9.97 Å². The van der Waals surface area contributed by atoms with Crippen LogP contribution in [0, 0.1) is 0 Å². The second-order valence-corrected chi connectivity index (χ2v) is 8.18. The van der Waals surface area contributed by atoms with Crippen molar-refractivity contribution in [3.8, 4) is 0 Å². The van der Waals surface area contributed by atoms with Gasteiger partial charge in [-0.15, -0.1) is 22.7 Å². The number of carbonyl (C=O) groups excluding carboxylic acids is 1. The third-order valence-electron chi connectivity index (χ3n) is 4.28. The van der Waals surface area contributed by atoms with Crippen molar-refractivity contribution in [2.45, 2.75) is 14.4 Å². The predicted molar refractivity (Wildman–Crippen MR) is 147 cm³/mol. The van der Waals surface area contributed by atoms with E-state index in [1.54, 1.807) is 18.3 Å². The molecule has 0 unspecified atom stereocenters. The lowest BCUT2D eigenvalue weighted by Gasteiger charge is -2.00. The Labute approximate surface area is 207 Å². The molecule has 3 heterocycles. The monoisotopic (exact) mass is 581 g/mol.